The Morgan fingerprint density at radius 1 is 0.333 bits per heavy atom. The van der Waals surface area contributed by atoms with E-state index < -0.39 is 0 Å². The monoisotopic (exact) mass is 743 g/mol. The molecule has 0 aliphatic carbocycles. The fraction of sp³-hybridized carbons (Fsp3) is 0. The molecule has 0 aliphatic rings. The van der Waals surface area contributed by atoms with Gasteiger partial charge in [0, 0.05) is 48.0 Å². The van der Waals surface area contributed by atoms with Gasteiger partial charge in [-0.15, -0.1) is 11.3 Å². The van der Waals surface area contributed by atoms with Crippen LogP contribution in [0.25, 0.3) is 96.7 Å². The molecule has 12 aromatic rings. The quantitative estimate of drug-likeness (QED) is 0.163. The minimum absolute atomic E-state index is 0.874. The Morgan fingerprint density at radius 2 is 0.982 bits per heavy atom. The number of furan rings is 1. The Bertz CT molecular complexity index is 3540. The van der Waals surface area contributed by atoms with Crippen LogP contribution >= 0.6 is 11.3 Å². The van der Waals surface area contributed by atoms with Crippen molar-refractivity contribution in [2.75, 3.05) is 4.90 Å². The van der Waals surface area contributed by atoms with Gasteiger partial charge in [0.15, 0.2) is 0 Å². The van der Waals surface area contributed by atoms with E-state index in [1.54, 1.807) is 0 Å². The van der Waals surface area contributed by atoms with Crippen LogP contribution in [0.3, 0.4) is 0 Å². The average molecular weight is 744 g/mol. The zero-order valence-electron chi connectivity index (χ0n) is 30.8. The Labute approximate surface area is 333 Å². The summed E-state index contributed by atoms with van der Waals surface area (Å²) >= 11 is 1.85. The number of thiophene rings is 1. The molecule has 0 fully saturated rings. The molecule has 12 rings (SSSR count). The van der Waals surface area contributed by atoms with Crippen molar-refractivity contribution in [2.24, 2.45) is 0 Å². The van der Waals surface area contributed by atoms with Gasteiger partial charge in [-0.1, -0.05) is 133 Å². The third-order valence-corrected chi connectivity index (χ3v) is 12.8. The molecule has 0 N–H and O–H groups in total. The first-order valence-electron chi connectivity index (χ1n) is 19.4. The van der Waals surface area contributed by atoms with Crippen molar-refractivity contribution >= 4 is 103 Å². The molecule has 2 aromatic heterocycles. The maximum Gasteiger partial charge on any atom is 0.136 e. The van der Waals surface area contributed by atoms with Crippen molar-refractivity contribution in [1.82, 2.24) is 0 Å². The first-order valence-corrected chi connectivity index (χ1v) is 20.2. The molecule has 0 bridgehead atoms. The Kier molecular flexibility index (Phi) is 7.13. The Hall–Kier alpha value is -7.20. The molecule has 3 heteroatoms. The zero-order valence-corrected chi connectivity index (χ0v) is 31.6. The lowest BCUT2D eigenvalue weighted by Gasteiger charge is -2.26. The summed E-state index contributed by atoms with van der Waals surface area (Å²) in [4.78, 5) is 2.39. The molecule has 0 amide bonds. The molecular weight excluding hydrogens is 711 g/mol. The lowest BCUT2D eigenvalue weighted by molar-refractivity contribution is 0.669. The van der Waals surface area contributed by atoms with E-state index in [0.717, 1.165) is 44.6 Å². The van der Waals surface area contributed by atoms with Crippen molar-refractivity contribution in [3.63, 3.8) is 0 Å². The molecule has 0 saturated heterocycles. The largest absolute Gasteiger partial charge is 0.456 e. The first-order chi connectivity index (χ1) is 28.2. The van der Waals surface area contributed by atoms with Crippen molar-refractivity contribution in [1.29, 1.82) is 0 Å². The summed E-state index contributed by atoms with van der Waals surface area (Å²) in [6, 6.07) is 72.9. The Morgan fingerprint density at radius 3 is 1.88 bits per heavy atom. The average Bonchev–Trinajstić information content (AvgIpc) is 3.84. The number of rotatable bonds is 5. The van der Waals surface area contributed by atoms with Crippen LogP contribution in [0.1, 0.15) is 0 Å². The molecule has 0 atom stereocenters. The second-order valence-electron chi connectivity index (χ2n) is 14.9. The van der Waals surface area contributed by atoms with Crippen molar-refractivity contribution in [2.45, 2.75) is 0 Å². The normalized spacial score (nSPS) is 11.9. The summed E-state index contributed by atoms with van der Waals surface area (Å²) in [7, 11) is 0. The van der Waals surface area contributed by atoms with Crippen LogP contribution in [0.2, 0.25) is 0 Å². The van der Waals surface area contributed by atoms with Gasteiger partial charge in [-0.25, -0.2) is 0 Å². The van der Waals surface area contributed by atoms with Crippen LogP contribution in [0.5, 0.6) is 0 Å². The maximum absolute atomic E-state index is 6.59. The van der Waals surface area contributed by atoms with Crippen LogP contribution in [0, 0.1) is 0 Å². The van der Waals surface area contributed by atoms with E-state index in [4.69, 9.17) is 4.42 Å². The van der Waals surface area contributed by atoms with E-state index in [2.05, 4.69) is 205 Å². The summed E-state index contributed by atoms with van der Waals surface area (Å²) in [6.07, 6.45) is 0. The van der Waals surface area contributed by atoms with E-state index in [0.29, 0.717) is 0 Å². The van der Waals surface area contributed by atoms with Gasteiger partial charge in [0.25, 0.3) is 0 Å². The minimum atomic E-state index is 0.874. The molecule has 0 aliphatic heterocycles. The smallest absolute Gasteiger partial charge is 0.136 e. The molecule has 2 heterocycles. The van der Waals surface area contributed by atoms with Crippen molar-refractivity contribution in [3.05, 3.63) is 200 Å². The second-order valence-corrected chi connectivity index (χ2v) is 16.0. The topological polar surface area (TPSA) is 16.4 Å². The van der Waals surface area contributed by atoms with Gasteiger partial charge in [0.1, 0.15) is 11.2 Å². The number of nitrogens with zero attached hydrogens (tertiary/aromatic N) is 1. The van der Waals surface area contributed by atoms with Crippen LogP contribution in [-0.4, -0.2) is 0 Å². The van der Waals surface area contributed by atoms with Gasteiger partial charge in [0.05, 0.1) is 0 Å². The summed E-state index contributed by atoms with van der Waals surface area (Å²) < 4.78 is 9.16. The predicted molar refractivity (Wildman–Crippen MR) is 245 cm³/mol. The molecule has 0 unspecified atom stereocenters. The number of hydrogen-bond acceptors (Lipinski definition) is 3. The van der Waals surface area contributed by atoms with E-state index in [1.807, 2.05) is 11.3 Å². The van der Waals surface area contributed by atoms with Gasteiger partial charge in [-0.2, -0.15) is 0 Å². The highest BCUT2D eigenvalue weighted by Gasteiger charge is 2.19. The van der Waals surface area contributed by atoms with E-state index in [-0.39, 0.29) is 0 Å². The fourth-order valence-electron chi connectivity index (χ4n) is 8.84. The maximum atomic E-state index is 6.59. The fourth-order valence-corrected chi connectivity index (χ4v) is 9.98. The zero-order chi connectivity index (χ0) is 37.5. The number of anilines is 3. The van der Waals surface area contributed by atoms with Gasteiger partial charge in [0.2, 0.25) is 0 Å². The van der Waals surface area contributed by atoms with E-state index in [9.17, 15) is 0 Å². The Balaban J connectivity index is 1.03. The highest BCUT2D eigenvalue weighted by Crippen LogP contribution is 2.44. The second kappa shape index (κ2) is 12.7. The lowest BCUT2D eigenvalue weighted by Crippen LogP contribution is -2.09. The third-order valence-electron chi connectivity index (χ3n) is 11.6. The summed E-state index contributed by atoms with van der Waals surface area (Å²) in [5, 5.41) is 12.3. The summed E-state index contributed by atoms with van der Waals surface area (Å²) in [5.74, 6) is 0. The molecule has 0 spiro atoms. The number of hydrogen-bond donors (Lipinski definition) is 0. The van der Waals surface area contributed by atoms with Gasteiger partial charge in [-0.3, -0.25) is 0 Å². The van der Waals surface area contributed by atoms with Crippen LogP contribution < -0.4 is 4.90 Å². The summed E-state index contributed by atoms with van der Waals surface area (Å²) in [5.41, 5.74) is 9.77. The molecular formula is C54H33NOS. The predicted octanol–water partition coefficient (Wildman–Crippen LogP) is 16.2. The van der Waals surface area contributed by atoms with Gasteiger partial charge >= 0.3 is 0 Å². The molecule has 266 valence electrons. The third kappa shape index (κ3) is 5.24. The number of fused-ring (bicyclic) bond motifs is 10. The van der Waals surface area contributed by atoms with Crippen LogP contribution in [-0.2, 0) is 0 Å². The minimum Gasteiger partial charge on any atom is -0.456 e. The van der Waals surface area contributed by atoms with Gasteiger partial charge < -0.3 is 9.32 Å². The molecule has 0 saturated carbocycles. The van der Waals surface area contributed by atoms with Crippen molar-refractivity contribution < 1.29 is 4.42 Å². The number of benzene rings is 10. The lowest BCUT2D eigenvalue weighted by atomic mass is 9.95. The molecule has 2 nitrogen and oxygen atoms in total. The van der Waals surface area contributed by atoms with Gasteiger partial charge in [-0.05, 0) is 121 Å². The highest BCUT2D eigenvalue weighted by molar-refractivity contribution is 7.25. The van der Waals surface area contributed by atoms with Crippen molar-refractivity contribution in [3.8, 4) is 22.3 Å². The summed E-state index contributed by atoms with van der Waals surface area (Å²) in [6.45, 7) is 0. The van der Waals surface area contributed by atoms with E-state index in [1.165, 1.54) is 69.2 Å². The van der Waals surface area contributed by atoms with Crippen LogP contribution in [0.4, 0.5) is 17.1 Å². The molecule has 57 heavy (non-hydrogen) atoms. The van der Waals surface area contributed by atoms with E-state index >= 15 is 0 Å². The highest BCUT2D eigenvalue weighted by atomic mass is 32.1. The SMILES string of the molecule is c1ccc2cc(-c3ccc(N(c4ccc5c(c4)sc4ccccc45)c4ccc5oc6cccc(-c7ccc8ccc9ccccc9c8c7)c6c5c4)cc3)ccc2c1. The van der Waals surface area contributed by atoms with Crippen LogP contribution in [0.15, 0.2) is 205 Å². The molecule has 10 aromatic carbocycles. The standard InChI is InChI=1S/C54H33NOS/c1-2-10-38-30-39(20-16-34(38)8-1)35-22-24-41(25-23-35)55(43-26-28-47-46-12-5-6-15-52(46)57-53(47)33-43)42-27-29-50-49(32-42)54-45(13-7-14-51(54)56-50)40-21-19-37-18-17-36-9-3-4-11-44(36)48(37)31-40/h1-33H. The first kappa shape index (κ1) is 32.1. The molecule has 0 radical (unpaired) electrons.